The largest absolute Gasteiger partial charge is 0.497 e. The van der Waals surface area contributed by atoms with Gasteiger partial charge in [-0.15, -0.1) is 0 Å². The standard InChI is InChI=1S/C35H31NO8/c1-39-24-16-18-25(19-17-24)42-35-29(36-32(37)26-14-8-9-15-27(26)33(36)38)31(40-20-22-10-4-2-5-11-22)30-28(43-35)21-41-34(44-30)23-12-6-3-7-13-23/h2-19,28-31,34-35H,20-21H2,1H3/t28-,29-,30-,31-,34+,35-/m1/s1. The molecule has 0 unspecified atom stereocenters. The van der Waals surface area contributed by atoms with Gasteiger partial charge in [0.1, 0.15) is 35.9 Å². The van der Waals surface area contributed by atoms with E-state index in [1.807, 2.05) is 60.7 Å². The van der Waals surface area contributed by atoms with Gasteiger partial charge in [0.15, 0.2) is 6.29 Å². The molecule has 6 atom stereocenters. The molecule has 0 aromatic heterocycles. The van der Waals surface area contributed by atoms with Gasteiger partial charge in [-0.25, -0.2) is 0 Å². The van der Waals surface area contributed by atoms with Gasteiger partial charge in [0, 0.05) is 5.56 Å². The Kier molecular flexibility index (Phi) is 7.84. The first-order chi connectivity index (χ1) is 21.6. The average Bonchev–Trinajstić information content (AvgIpc) is 3.33. The molecule has 4 aromatic carbocycles. The summed E-state index contributed by atoms with van der Waals surface area (Å²) in [5.74, 6) is 0.239. The molecule has 0 aliphatic carbocycles. The van der Waals surface area contributed by atoms with E-state index in [4.69, 9.17) is 28.4 Å². The van der Waals surface area contributed by atoms with E-state index in [1.165, 1.54) is 4.90 Å². The Bertz CT molecular complexity index is 1580. The van der Waals surface area contributed by atoms with E-state index in [1.54, 1.807) is 55.6 Å². The molecule has 44 heavy (non-hydrogen) atoms. The highest BCUT2D eigenvalue weighted by atomic mass is 16.8. The fourth-order valence-corrected chi connectivity index (χ4v) is 5.93. The zero-order chi connectivity index (χ0) is 30.0. The third kappa shape index (κ3) is 5.35. The first-order valence-electron chi connectivity index (χ1n) is 14.5. The lowest BCUT2D eigenvalue weighted by Gasteiger charge is -2.50. The van der Waals surface area contributed by atoms with E-state index in [2.05, 4.69) is 0 Å². The van der Waals surface area contributed by atoms with Crippen molar-refractivity contribution in [2.24, 2.45) is 0 Å². The van der Waals surface area contributed by atoms with E-state index in [9.17, 15) is 9.59 Å². The molecule has 9 nitrogen and oxygen atoms in total. The third-order valence-electron chi connectivity index (χ3n) is 8.10. The van der Waals surface area contributed by atoms with Crippen molar-refractivity contribution in [3.63, 3.8) is 0 Å². The summed E-state index contributed by atoms with van der Waals surface area (Å²) in [5, 5.41) is 0. The van der Waals surface area contributed by atoms with Crippen LogP contribution in [0.15, 0.2) is 109 Å². The molecular weight excluding hydrogens is 562 g/mol. The average molecular weight is 594 g/mol. The van der Waals surface area contributed by atoms with E-state index in [0.717, 1.165) is 11.1 Å². The summed E-state index contributed by atoms with van der Waals surface area (Å²) in [7, 11) is 1.58. The van der Waals surface area contributed by atoms with Gasteiger partial charge in [0.25, 0.3) is 11.8 Å². The SMILES string of the molecule is COc1ccc(O[C@@H]2O[C@@H]3CO[C@H](c4ccccc4)O[C@H]3[C@H](OCc3ccccc3)[C@H]2N2C(=O)c3ccccc3C2=O)cc1. The smallest absolute Gasteiger partial charge is 0.262 e. The minimum atomic E-state index is -1.09. The molecule has 0 spiro atoms. The van der Waals surface area contributed by atoms with Gasteiger partial charge in [-0.05, 0) is 42.0 Å². The maximum absolute atomic E-state index is 13.9. The van der Waals surface area contributed by atoms with Crippen LogP contribution in [-0.4, -0.2) is 61.1 Å². The molecule has 0 radical (unpaired) electrons. The number of hydrogen-bond donors (Lipinski definition) is 0. The van der Waals surface area contributed by atoms with Crippen molar-refractivity contribution in [3.8, 4) is 11.5 Å². The van der Waals surface area contributed by atoms with Gasteiger partial charge in [-0.2, -0.15) is 0 Å². The molecule has 2 saturated heterocycles. The van der Waals surface area contributed by atoms with Gasteiger partial charge >= 0.3 is 0 Å². The number of nitrogens with zero attached hydrogens (tertiary/aromatic N) is 1. The quantitative estimate of drug-likeness (QED) is 0.259. The lowest BCUT2D eigenvalue weighted by atomic mass is 9.94. The number of methoxy groups -OCH3 is 1. The van der Waals surface area contributed by atoms with Crippen molar-refractivity contribution in [3.05, 3.63) is 131 Å². The lowest BCUT2D eigenvalue weighted by molar-refractivity contribution is -0.344. The van der Waals surface area contributed by atoms with E-state index >= 15 is 0 Å². The first kappa shape index (κ1) is 28.2. The molecule has 224 valence electrons. The summed E-state index contributed by atoms with van der Waals surface area (Å²) < 4.78 is 37.5. The van der Waals surface area contributed by atoms with E-state index < -0.39 is 48.7 Å². The summed E-state index contributed by atoms with van der Waals surface area (Å²) in [6.45, 7) is 0.399. The van der Waals surface area contributed by atoms with Gasteiger partial charge < -0.3 is 28.4 Å². The summed E-state index contributed by atoms with van der Waals surface area (Å²) in [5.41, 5.74) is 2.40. The van der Waals surface area contributed by atoms with Crippen LogP contribution in [0.5, 0.6) is 11.5 Å². The number of benzene rings is 4. The predicted molar refractivity (Wildman–Crippen MR) is 158 cm³/mol. The molecule has 3 aliphatic heterocycles. The number of amides is 2. The maximum atomic E-state index is 13.9. The Morgan fingerprint density at radius 2 is 1.36 bits per heavy atom. The topological polar surface area (TPSA) is 92.8 Å². The number of hydrogen-bond acceptors (Lipinski definition) is 8. The lowest BCUT2D eigenvalue weighted by Crippen LogP contribution is -2.68. The molecular formula is C35H31NO8. The normalized spacial score (nSPS) is 26.2. The second-order valence-electron chi connectivity index (χ2n) is 10.8. The summed E-state index contributed by atoms with van der Waals surface area (Å²) in [6.07, 6.45) is -3.90. The third-order valence-corrected chi connectivity index (χ3v) is 8.10. The fraction of sp³-hybridized carbons (Fsp3) is 0.257. The van der Waals surface area contributed by atoms with Crippen LogP contribution in [0, 0.1) is 0 Å². The molecule has 0 saturated carbocycles. The van der Waals surface area contributed by atoms with Gasteiger partial charge in [-0.1, -0.05) is 72.8 Å². The van der Waals surface area contributed by atoms with Crippen molar-refractivity contribution in [1.29, 1.82) is 0 Å². The highest BCUT2D eigenvalue weighted by molar-refractivity contribution is 6.21. The predicted octanol–water partition coefficient (Wildman–Crippen LogP) is 5.16. The highest BCUT2D eigenvalue weighted by Crippen LogP contribution is 2.40. The van der Waals surface area contributed by atoms with Gasteiger partial charge in [-0.3, -0.25) is 14.5 Å². The molecule has 0 bridgehead atoms. The Balaban J connectivity index is 1.28. The van der Waals surface area contributed by atoms with Crippen LogP contribution < -0.4 is 9.47 Å². The molecule has 4 aromatic rings. The number of fused-ring (bicyclic) bond motifs is 2. The zero-order valence-corrected chi connectivity index (χ0v) is 24.0. The molecule has 0 N–H and O–H groups in total. The molecule has 9 heteroatoms. The zero-order valence-electron chi connectivity index (χ0n) is 24.0. The van der Waals surface area contributed by atoms with Crippen LogP contribution in [0.4, 0.5) is 0 Å². The Morgan fingerprint density at radius 3 is 2.02 bits per heavy atom. The molecule has 2 fully saturated rings. The second-order valence-corrected chi connectivity index (χ2v) is 10.8. The summed E-state index contributed by atoms with van der Waals surface area (Å²) in [6, 6.07) is 32.1. The molecule has 7 rings (SSSR count). The monoisotopic (exact) mass is 593 g/mol. The Labute approximate surface area is 254 Å². The summed E-state index contributed by atoms with van der Waals surface area (Å²) in [4.78, 5) is 29.0. The molecule has 3 heterocycles. The van der Waals surface area contributed by atoms with Crippen LogP contribution >= 0.6 is 0 Å². The number of ether oxygens (including phenoxy) is 6. The minimum absolute atomic E-state index is 0.187. The van der Waals surface area contributed by atoms with E-state index in [0.29, 0.717) is 22.6 Å². The Hall–Kier alpha value is -4.54. The second kappa shape index (κ2) is 12.2. The van der Waals surface area contributed by atoms with Crippen LogP contribution in [0.1, 0.15) is 38.1 Å². The highest BCUT2D eigenvalue weighted by Gasteiger charge is 2.57. The summed E-state index contributed by atoms with van der Waals surface area (Å²) >= 11 is 0. The van der Waals surface area contributed by atoms with Crippen molar-refractivity contribution < 1.29 is 38.0 Å². The van der Waals surface area contributed by atoms with Crippen LogP contribution in [-0.2, 0) is 25.6 Å². The fourth-order valence-electron chi connectivity index (χ4n) is 5.93. The minimum Gasteiger partial charge on any atom is -0.497 e. The Morgan fingerprint density at radius 1 is 0.750 bits per heavy atom. The van der Waals surface area contributed by atoms with Crippen molar-refractivity contribution in [2.75, 3.05) is 13.7 Å². The van der Waals surface area contributed by atoms with E-state index in [-0.39, 0.29) is 13.2 Å². The van der Waals surface area contributed by atoms with Gasteiger partial charge in [0.05, 0.1) is 31.5 Å². The molecule has 2 amide bonds. The van der Waals surface area contributed by atoms with Crippen molar-refractivity contribution in [2.45, 2.75) is 43.5 Å². The maximum Gasteiger partial charge on any atom is 0.262 e. The van der Waals surface area contributed by atoms with Gasteiger partial charge in [0.2, 0.25) is 6.29 Å². The number of imide groups is 1. The van der Waals surface area contributed by atoms with Crippen LogP contribution in [0.25, 0.3) is 0 Å². The molecule has 3 aliphatic rings. The first-order valence-corrected chi connectivity index (χ1v) is 14.5. The number of carbonyl (C=O) groups is 2. The van der Waals surface area contributed by atoms with Crippen LogP contribution in [0.3, 0.4) is 0 Å². The van der Waals surface area contributed by atoms with Crippen molar-refractivity contribution >= 4 is 11.8 Å². The number of carbonyl (C=O) groups excluding carboxylic acids is 2. The van der Waals surface area contributed by atoms with Crippen LogP contribution in [0.2, 0.25) is 0 Å². The van der Waals surface area contributed by atoms with Crippen molar-refractivity contribution in [1.82, 2.24) is 4.90 Å². The number of rotatable bonds is 8.